The summed E-state index contributed by atoms with van der Waals surface area (Å²) in [6, 6.07) is 3.80. The lowest BCUT2D eigenvalue weighted by Gasteiger charge is -2.13. The second kappa shape index (κ2) is 4.49. The van der Waals surface area contributed by atoms with E-state index in [1.165, 1.54) is 0 Å². The van der Waals surface area contributed by atoms with E-state index in [4.69, 9.17) is 10.3 Å². The summed E-state index contributed by atoms with van der Waals surface area (Å²) in [6.45, 7) is 4.70. The number of hydrogen-bond donors (Lipinski definition) is 2. The summed E-state index contributed by atoms with van der Waals surface area (Å²) >= 11 is 0. The van der Waals surface area contributed by atoms with Crippen LogP contribution in [0.4, 0.5) is 0 Å². The lowest BCUT2D eigenvalue weighted by molar-refractivity contribution is 0.324. The van der Waals surface area contributed by atoms with Crippen LogP contribution in [0.25, 0.3) is 11.5 Å². The van der Waals surface area contributed by atoms with Crippen molar-refractivity contribution >= 4 is 0 Å². The van der Waals surface area contributed by atoms with Crippen molar-refractivity contribution in [2.24, 2.45) is 11.7 Å². The van der Waals surface area contributed by atoms with E-state index in [2.05, 4.69) is 29.0 Å². The van der Waals surface area contributed by atoms with Gasteiger partial charge >= 0.3 is 0 Å². The molecular formula is C11H16N4O. The summed E-state index contributed by atoms with van der Waals surface area (Å²) in [5, 5.41) is 3.94. The Labute approximate surface area is 94.0 Å². The molecule has 2 heterocycles. The molecule has 5 heteroatoms. The summed E-state index contributed by atoms with van der Waals surface area (Å²) in [5.41, 5.74) is 6.55. The first kappa shape index (κ1) is 10.9. The minimum atomic E-state index is 0.121. The SMILES string of the molecule is CC(C)C(CN)c1nc(-c2ccc[nH]2)no1. The Bertz CT molecular complexity index is 433. The number of hydrogen-bond acceptors (Lipinski definition) is 4. The number of rotatable bonds is 4. The van der Waals surface area contributed by atoms with Crippen LogP contribution in [-0.2, 0) is 0 Å². The van der Waals surface area contributed by atoms with Crippen LogP contribution in [0.1, 0.15) is 25.7 Å². The Kier molecular flexibility index (Phi) is 3.05. The van der Waals surface area contributed by atoms with Gasteiger partial charge in [-0.05, 0) is 18.1 Å². The van der Waals surface area contributed by atoms with Crippen LogP contribution < -0.4 is 5.73 Å². The fourth-order valence-electron chi connectivity index (χ4n) is 1.62. The molecule has 2 rings (SSSR count). The maximum atomic E-state index is 5.70. The minimum absolute atomic E-state index is 0.121. The number of nitrogens with one attached hydrogen (secondary N) is 1. The van der Waals surface area contributed by atoms with Crippen molar-refractivity contribution < 1.29 is 4.52 Å². The molecule has 2 aromatic heterocycles. The Morgan fingerprint density at radius 2 is 2.31 bits per heavy atom. The molecule has 0 fully saturated rings. The smallest absolute Gasteiger partial charge is 0.231 e. The van der Waals surface area contributed by atoms with Gasteiger partial charge in [-0.3, -0.25) is 0 Å². The molecular weight excluding hydrogens is 204 g/mol. The van der Waals surface area contributed by atoms with E-state index in [-0.39, 0.29) is 5.92 Å². The molecule has 1 atom stereocenters. The molecule has 0 saturated carbocycles. The van der Waals surface area contributed by atoms with E-state index in [1.807, 2.05) is 18.3 Å². The number of nitrogens with zero attached hydrogens (tertiary/aromatic N) is 2. The predicted molar refractivity (Wildman–Crippen MR) is 60.7 cm³/mol. The molecule has 0 aliphatic heterocycles. The maximum absolute atomic E-state index is 5.70. The van der Waals surface area contributed by atoms with Gasteiger partial charge in [-0.2, -0.15) is 4.98 Å². The molecule has 0 bridgehead atoms. The van der Waals surface area contributed by atoms with Crippen molar-refractivity contribution in [3.05, 3.63) is 24.2 Å². The summed E-state index contributed by atoms with van der Waals surface area (Å²) < 4.78 is 5.24. The van der Waals surface area contributed by atoms with Gasteiger partial charge in [-0.1, -0.05) is 19.0 Å². The third kappa shape index (κ3) is 1.99. The van der Waals surface area contributed by atoms with Crippen LogP contribution in [0.15, 0.2) is 22.9 Å². The van der Waals surface area contributed by atoms with Crippen LogP contribution in [0.5, 0.6) is 0 Å². The van der Waals surface area contributed by atoms with Gasteiger partial charge in [0.2, 0.25) is 11.7 Å². The van der Waals surface area contributed by atoms with Crippen molar-refractivity contribution in [1.29, 1.82) is 0 Å². The number of aromatic amines is 1. The topological polar surface area (TPSA) is 80.7 Å². The molecule has 0 aliphatic rings. The summed E-state index contributed by atoms with van der Waals surface area (Å²) in [5.74, 6) is 1.71. The van der Waals surface area contributed by atoms with Gasteiger partial charge in [0, 0.05) is 12.7 Å². The van der Waals surface area contributed by atoms with Crippen LogP contribution in [0, 0.1) is 5.92 Å². The third-order valence-electron chi connectivity index (χ3n) is 2.66. The van der Waals surface area contributed by atoms with E-state index in [0.717, 1.165) is 5.69 Å². The van der Waals surface area contributed by atoms with Crippen molar-refractivity contribution in [1.82, 2.24) is 15.1 Å². The van der Waals surface area contributed by atoms with Crippen molar-refractivity contribution in [2.45, 2.75) is 19.8 Å². The van der Waals surface area contributed by atoms with Crippen LogP contribution in [0.3, 0.4) is 0 Å². The van der Waals surface area contributed by atoms with Gasteiger partial charge in [0.05, 0.1) is 11.6 Å². The zero-order chi connectivity index (χ0) is 11.5. The minimum Gasteiger partial charge on any atom is -0.359 e. The van der Waals surface area contributed by atoms with Crippen molar-refractivity contribution in [2.75, 3.05) is 6.54 Å². The first-order valence-electron chi connectivity index (χ1n) is 5.39. The largest absolute Gasteiger partial charge is 0.359 e. The highest BCUT2D eigenvalue weighted by Crippen LogP contribution is 2.23. The predicted octanol–water partition coefficient (Wildman–Crippen LogP) is 1.76. The monoisotopic (exact) mass is 220 g/mol. The van der Waals surface area contributed by atoms with E-state index in [0.29, 0.717) is 24.2 Å². The van der Waals surface area contributed by atoms with E-state index < -0.39 is 0 Å². The second-order valence-corrected chi connectivity index (χ2v) is 4.13. The number of aromatic nitrogens is 3. The lowest BCUT2D eigenvalue weighted by Crippen LogP contribution is -2.18. The molecule has 0 spiro atoms. The Balaban J connectivity index is 2.25. The standard InChI is InChI=1S/C11H16N4O/c1-7(2)8(6-12)11-14-10(15-16-11)9-4-3-5-13-9/h3-5,7-8,13H,6,12H2,1-2H3. The molecule has 5 nitrogen and oxygen atoms in total. The van der Waals surface area contributed by atoms with Gasteiger partial charge < -0.3 is 15.2 Å². The Morgan fingerprint density at radius 1 is 1.50 bits per heavy atom. The zero-order valence-electron chi connectivity index (χ0n) is 9.47. The van der Waals surface area contributed by atoms with E-state index in [1.54, 1.807) is 0 Å². The first-order chi connectivity index (χ1) is 7.72. The average molecular weight is 220 g/mol. The highest BCUT2D eigenvalue weighted by atomic mass is 16.5. The van der Waals surface area contributed by atoms with Gasteiger partial charge in [0.15, 0.2) is 0 Å². The van der Waals surface area contributed by atoms with Gasteiger partial charge in [0.1, 0.15) is 0 Å². The highest BCUT2D eigenvalue weighted by molar-refractivity contribution is 5.47. The average Bonchev–Trinajstić information content (AvgIpc) is 2.86. The first-order valence-corrected chi connectivity index (χ1v) is 5.39. The fourth-order valence-corrected chi connectivity index (χ4v) is 1.62. The van der Waals surface area contributed by atoms with Crippen LogP contribution >= 0.6 is 0 Å². The van der Waals surface area contributed by atoms with Crippen molar-refractivity contribution in [3.63, 3.8) is 0 Å². The molecule has 2 aromatic rings. The van der Waals surface area contributed by atoms with E-state index >= 15 is 0 Å². The molecule has 86 valence electrons. The molecule has 3 N–H and O–H groups in total. The summed E-state index contributed by atoms with van der Waals surface area (Å²) in [6.07, 6.45) is 1.83. The van der Waals surface area contributed by atoms with Crippen molar-refractivity contribution in [3.8, 4) is 11.5 Å². The maximum Gasteiger partial charge on any atom is 0.231 e. The van der Waals surface area contributed by atoms with E-state index in [9.17, 15) is 0 Å². The van der Waals surface area contributed by atoms with Gasteiger partial charge in [0.25, 0.3) is 0 Å². The molecule has 0 amide bonds. The number of H-pyrrole nitrogens is 1. The van der Waals surface area contributed by atoms with Crippen LogP contribution in [-0.4, -0.2) is 21.7 Å². The lowest BCUT2D eigenvalue weighted by atomic mass is 9.96. The molecule has 0 saturated heterocycles. The zero-order valence-corrected chi connectivity index (χ0v) is 9.47. The molecule has 0 aromatic carbocycles. The van der Waals surface area contributed by atoms with Gasteiger partial charge in [-0.25, -0.2) is 0 Å². The summed E-state index contributed by atoms with van der Waals surface area (Å²) in [4.78, 5) is 7.39. The molecule has 0 aliphatic carbocycles. The molecule has 0 radical (unpaired) electrons. The highest BCUT2D eigenvalue weighted by Gasteiger charge is 2.21. The normalized spacial score (nSPS) is 13.2. The number of nitrogens with two attached hydrogens (primary N) is 1. The Hall–Kier alpha value is -1.62. The molecule has 16 heavy (non-hydrogen) atoms. The fraction of sp³-hybridized carbons (Fsp3) is 0.455. The quantitative estimate of drug-likeness (QED) is 0.822. The summed E-state index contributed by atoms with van der Waals surface area (Å²) in [7, 11) is 0. The van der Waals surface area contributed by atoms with Gasteiger partial charge in [-0.15, -0.1) is 0 Å². The third-order valence-corrected chi connectivity index (χ3v) is 2.66. The second-order valence-electron chi connectivity index (χ2n) is 4.13. The molecule has 1 unspecified atom stereocenters. The van der Waals surface area contributed by atoms with Crippen LogP contribution in [0.2, 0.25) is 0 Å². The Morgan fingerprint density at radius 3 is 2.88 bits per heavy atom.